The Labute approximate surface area is 144 Å². The van der Waals surface area contributed by atoms with E-state index in [0.29, 0.717) is 35.8 Å². The predicted octanol–water partition coefficient (Wildman–Crippen LogP) is 2.36. The largest absolute Gasteiger partial charge is 0.361 e. The van der Waals surface area contributed by atoms with Crippen molar-refractivity contribution in [2.45, 2.75) is 19.8 Å². The Kier molecular flexibility index (Phi) is 4.51. The normalized spacial score (nSPS) is 16.3. The van der Waals surface area contributed by atoms with E-state index in [0.717, 1.165) is 0 Å². The maximum Gasteiger partial charge on any atom is 0.235 e. The summed E-state index contributed by atoms with van der Waals surface area (Å²) >= 11 is 6.20. The van der Waals surface area contributed by atoms with E-state index in [1.807, 2.05) is 0 Å². The smallest absolute Gasteiger partial charge is 0.235 e. The summed E-state index contributed by atoms with van der Waals surface area (Å²) in [5, 5.41) is 6.74. The Hall–Kier alpha value is -2.06. The number of carbonyl (C=O) groups is 1. The number of aromatic nitrogens is 1. The van der Waals surface area contributed by atoms with E-state index in [1.54, 1.807) is 25.1 Å². The van der Waals surface area contributed by atoms with Crippen molar-refractivity contribution >= 4 is 38.9 Å². The van der Waals surface area contributed by atoms with Crippen LogP contribution in [0.4, 0.5) is 11.4 Å². The number of anilines is 2. The number of amides is 1. The highest BCUT2D eigenvalue weighted by Crippen LogP contribution is 2.33. The van der Waals surface area contributed by atoms with Crippen molar-refractivity contribution in [3.8, 4) is 0 Å². The number of hydrogen-bond acceptors (Lipinski definition) is 5. The molecule has 1 aliphatic heterocycles. The number of nitrogens with zero attached hydrogens (tertiary/aromatic N) is 2. The van der Waals surface area contributed by atoms with Crippen molar-refractivity contribution in [2.75, 3.05) is 21.9 Å². The highest BCUT2D eigenvalue weighted by Gasteiger charge is 2.29. The van der Waals surface area contributed by atoms with E-state index in [2.05, 4.69) is 10.5 Å². The number of rotatable bonds is 4. The van der Waals surface area contributed by atoms with Crippen molar-refractivity contribution in [1.29, 1.82) is 0 Å². The van der Waals surface area contributed by atoms with Gasteiger partial charge in [0, 0.05) is 18.3 Å². The number of hydrogen-bond donors (Lipinski definition) is 1. The van der Waals surface area contributed by atoms with E-state index in [4.69, 9.17) is 16.1 Å². The number of carbonyl (C=O) groups excluding carboxylic acids is 1. The lowest BCUT2D eigenvalue weighted by atomic mass is 10.2. The van der Waals surface area contributed by atoms with Crippen molar-refractivity contribution < 1.29 is 17.7 Å². The molecule has 1 amide bonds. The zero-order valence-corrected chi connectivity index (χ0v) is 14.5. The summed E-state index contributed by atoms with van der Waals surface area (Å²) in [5.41, 5.74) is 1.46. The molecule has 0 aliphatic carbocycles. The molecular formula is C15H16ClN3O4S. The van der Waals surface area contributed by atoms with Crippen molar-refractivity contribution in [3.05, 3.63) is 40.7 Å². The lowest BCUT2D eigenvalue weighted by Crippen LogP contribution is -2.25. The van der Waals surface area contributed by atoms with Crippen LogP contribution in [0.3, 0.4) is 0 Å². The van der Waals surface area contributed by atoms with Gasteiger partial charge in [-0.1, -0.05) is 16.8 Å². The number of aryl methyl sites for hydroxylation is 1. The van der Waals surface area contributed by atoms with Crippen LogP contribution in [0.1, 0.15) is 17.9 Å². The number of benzene rings is 1. The van der Waals surface area contributed by atoms with Crippen molar-refractivity contribution in [2.24, 2.45) is 0 Å². The van der Waals surface area contributed by atoms with Crippen LogP contribution in [0.2, 0.25) is 5.02 Å². The topological polar surface area (TPSA) is 92.5 Å². The van der Waals surface area contributed by atoms with Gasteiger partial charge < -0.3 is 9.84 Å². The van der Waals surface area contributed by atoms with E-state index < -0.39 is 10.0 Å². The lowest BCUT2D eigenvalue weighted by molar-refractivity contribution is -0.115. The quantitative estimate of drug-likeness (QED) is 0.893. The first-order chi connectivity index (χ1) is 11.3. The minimum Gasteiger partial charge on any atom is -0.361 e. The van der Waals surface area contributed by atoms with Crippen LogP contribution in [-0.4, -0.2) is 31.8 Å². The van der Waals surface area contributed by atoms with Gasteiger partial charge in [0.1, 0.15) is 5.76 Å². The third-order valence-corrected chi connectivity index (χ3v) is 5.78. The summed E-state index contributed by atoms with van der Waals surface area (Å²) in [5.74, 6) is 0.497. The molecule has 24 heavy (non-hydrogen) atoms. The molecule has 1 N–H and O–H groups in total. The van der Waals surface area contributed by atoms with Crippen LogP contribution in [-0.2, 0) is 21.2 Å². The van der Waals surface area contributed by atoms with E-state index in [-0.39, 0.29) is 23.1 Å². The SMILES string of the molecule is Cc1cc(CC(=O)Nc2ccc(N3CCCS3(=O)=O)c(Cl)c2)no1. The molecule has 1 saturated heterocycles. The van der Waals surface area contributed by atoms with Crippen LogP contribution in [0.15, 0.2) is 28.8 Å². The predicted molar refractivity (Wildman–Crippen MR) is 90.8 cm³/mol. The van der Waals surface area contributed by atoms with Crippen LogP contribution >= 0.6 is 11.6 Å². The summed E-state index contributed by atoms with van der Waals surface area (Å²) < 4.78 is 30.1. The van der Waals surface area contributed by atoms with Crippen LogP contribution in [0, 0.1) is 6.92 Å². The standard InChI is InChI=1S/C15H16ClN3O4S/c1-10-7-12(18-23-10)9-15(20)17-11-3-4-14(13(16)8-11)19-5-2-6-24(19,21)22/h3-4,7-8H,2,5-6,9H2,1H3,(H,17,20). The average molecular weight is 370 g/mol. The highest BCUT2D eigenvalue weighted by molar-refractivity contribution is 7.93. The van der Waals surface area contributed by atoms with Gasteiger partial charge in [0.2, 0.25) is 15.9 Å². The Bertz CT molecular complexity index is 879. The van der Waals surface area contributed by atoms with Gasteiger partial charge >= 0.3 is 0 Å². The second-order valence-corrected chi connectivity index (χ2v) is 7.98. The monoisotopic (exact) mass is 369 g/mol. The van der Waals surface area contributed by atoms with Crippen molar-refractivity contribution in [3.63, 3.8) is 0 Å². The number of halogens is 1. The Morgan fingerprint density at radius 2 is 2.21 bits per heavy atom. The third-order valence-electron chi connectivity index (χ3n) is 3.62. The molecule has 2 heterocycles. The fraction of sp³-hybridized carbons (Fsp3) is 0.333. The molecule has 0 saturated carbocycles. The zero-order chi connectivity index (χ0) is 17.3. The van der Waals surface area contributed by atoms with Gasteiger partial charge in [-0.05, 0) is 31.5 Å². The Morgan fingerprint density at radius 1 is 1.42 bits per heavy atom. The van der Waals surface area contributed by atoms with Gasteiger partial charge in [0.05, 0.1) is 28.6 Å². The molecule has 1 aromatic carbocycles. The maximum absolute atomic E-state index is 12.0. The molecule has 0 atom stereocenters. The first-order valence-corrected chi connectivity index (χ1v) is 9.36. The van der Waals surface area contributed by atoms with Gasteiger partial charge in [0.15, 0.2) is 0 Å². The minimum absolute atomic E-state index is 0.0806. The second-order valence-electron chi connectivity index (χ2n) is 5.56. The van der Waals surface area contributed by atoms with Gasteiger partial charge in [-0.15, -0.1) is 0 Å². The van der Waals surface area contributed by atoms with E-state index >= 15 is 0 Å². The Balaban J connectivity index is 1.71. The highest BCUT2D eigenvalue weighted by atomic mass is 35.5. The molecule has 1 fully saturated rings. The molecule has 3 rings (SSSR count). The Morgan fingerprint density at radius 3 is 2.79 bits per heavy atom. The molecule has 0 unspecified atom stereocenters. The third kappa shape index (κ3) is 3.54. The van der Waals surface area contributed by atoms with Gasteiger partial charge in [-0.25, -0.2) is 8.42 Å². The molecule has 1 aliphatic rings. The molecule has 0 bridgehead atoms. The minimum atomic E-state index is -3.29. The summed E-state index contributed by atoms with van der Waals surface area (Å²) in [6.45, 7) is 2.17. The van der Waals surface area contributed by atoms with Crippen LogP contribution < -0.4 is 9.62 Å². The molecule has 1 aromatic heterocycles. The lowest BCUT2D eigenvalue weighted by Gasteiger charge is -2.19. The van der Waals surface area contributed by atoms with Crippen LogP contribution in [0.5, 0.6) is 0 Å². The first kappa shape index (κ1) is 16.8. The molecular weight excluding hydrogens is 354 g/mol. The molecule has 7 nitrogen and oxygen atoms in total. The number of sulfonamides is 1. The maximum atomic E-state index is 12.0. The molecule has 128 valence electrons. The average Bonchev–Trinajstić information content (AvgIpc) is 3.04. The van der Waals surface area contributed by atoms with Crippen molar-refractivity contribution in [1.82, 2.24) is 5.16 Å². The molecule has 0 radical (unpaired) electrons. The molecule has 0 spiro atoms. The van der Waals surface area contributed by atoms with Crippen LogP contribution in [0.25, 0.3) is 0 Å². The second kappa shape index (κ2) is 6.45. The fourth-order valence-corrected chi connectivity index (χ4v) is 4.48. The first-order valence-electron chi connectivity index (χ1n) is 7.37. The van der Waals surface area contributed by atoms with Gasteiger partial charge in [-0.2, -0.15) is 0 Å². The summed E-state index contributed by atoms with van der Waals surface area (Å²) in [4.78, 5) is 12.0. The fourth-order valence-electron chi connectivity index (χ4n) is 2.57. The summed E-state index contributed by atoms with van der Waals surface area (Å²) in [7, 11) is -3.29. The van der Waals surface area contributed by atoms with Gasteiger partial charge in [-0.3, -0.25) is 9.10 Å². The summed E-state index contributed by atoms with van der Waals surface area (Å²) in [6.07, 6.45) is 0.658. The van der Waals surface area contributed by atoms with E-state index in [9.17, 15) is 13.2 Å². The summed E-state index contributed by atoms with van der Waals surface area (Å²) in [6, 6.07) is 6.45. The van der Waals surface area contributed by atoms with E-state index in [1.165, 1.54) is 10.4 Å². The zero-order valence-electron chi connectivity index (χ0n) is 13.0. The number of nitrogens with one attached hydrogen (secondary N) is 1. The molecule has 2 aromatic rings. The molecule has 9 heteroatoms. The van der Waals surface area contributed by atoms with Gasteiger partial charge in [0.25, 0.3) is 0 Å².